The molecular weight excluding hydrogens is 1350 g/mol. The van der Waals surface area contributed by atoms with Gasteiger partial charge in [-0.25, -0.2) is 79.0 Å². The average Bonchev–Trinajstić information content (AvgIpc) is 3.60. The minimum Gasteiger partial charge on any atom is -0.660 e. The number of hydrogen-bond donors (Lipinski definition) is 0. The number of rotatable bonds is 2. The van der Waals surface area contributed by atoms with Crippen LogP contribution in [-0.2, 0) is 21.7 Å². The van der Waals surface area contributed by atoms with Crippen molar-refractivity contribution in [2.24, 2.45) is 23.7 Å². The molecule has 4 unspecified atom stereocenters. The third kappa shape index (κ3) is 24.1. The van der Waals surface area contributed by atoms with E-state index in [1.807, 2.05) is 0 Å². The molecule has 0 saturated heterocycles. The summed E-state index contributed by atoms with van der Waals surface area (Å²) in [4.78, 5) is 5.23. The van der Waals surface area contributed by atoms with Gasteiger partial charge in [-0.1, -0.05) is 75.3 Å². The Balaban J connectivity index is -0.000000303. The van der Waals surface area contributed by atoms with Gasteiger partial charge in [-0.2, -0.15) is 0 Å². The maximum atomic E-state index is 12.0. The monoisotopic (exact) mass is 1390 g/mol. The second-order valence-corrected chi connectivity index (χ2v) is 22.3. The molecule has 0 bridgehead atoms. The van der Waals surface area contributed by atoms with E-state index in [-0.39, 0.29) is 76.8 Å². The normalized spacial score (nSPS) is 15.4. The molecule has 6 aromatic rings. The van der Waals surface area contributed by atoms with Gasteiger partial charge in [0, 0.05) is 0 Å². The fourth-order valence-electron chi connectivity index (χ4n) is 7.29. The van der Waals surface area contributed by atoms with Gasteiger partial charge in [0.15, 0.2) is 0 Å². The zero-order valence-corrected chi connectivity index (χ0v) is 51.2. The molecule has 35 heteroatoms. The van der Waals surface area contributed by atoms with Crippen LogP contribution in [0.25, 0.3) is 4.98 Å². The maximum absolute atomic E-state index is 12.0. The van der Waals surface area contributed by atoms with Crippen molar-refractivity contribution in [1.82, 2.24) is 0 Å². The molecule has 0 aromatic heterocycles. The van der Waals surface area contributed by atoms with Crippen molar-refractivity contribution in [3.05, 3.63) is 231 Å². The van der Waals surface area contributed by atoms with Crippen LogP contribution in [0.15, 0.2) is 0 Å². The minimum absolute atomic E-state index is 0. The van der Waals surface area contributed by atoms with Gasteiger partial charge in [0.1, 0.15) is 0 Å². The predicted octanol–water partition coefficient (Wildman–Crippen LogP) is 18.5. The summed E-state index contributed by atoms with van der Waals surface area (Å²) in [5.41, 5.74) is 0.983. The first-order chi connectivity index (χ1) is 37.7. The van der Waals surface area contributed by atoms with E-state index in [9.17, 15) is 132 Å². The molecule has 0 radical (unpaired) electrons. The Hall–Kier alpha value is -4.82. The summed E-state index contributed by atoms with van der Waals surface area (Å²) < 4.78 is 359. The molecule has 0 aliphatic heterocycles. The number of hydrogen-bond acceptors (Lipinski definition) is 0. The largest absolute Gasteiger partial charge is 4.00 e. The van der Waals surface area contributed by atoms with Crippen LogP contribution in [0, 0.1) is 249 Å². The summed E-state index contributed by atoms with van der Waals surface area (Å²) in [5.74, 6) is -56.9. The van der Waals surface area contributed by atoms with Crippen molar-refractivity contribution in [2.75, 3.05) is 0 Å². The molecule has 0 heterocycles. The third-order valence-electron chi connectivity index (χ3n) is 11.0. The van der Waals surface area contributed by atoms with Gasteiger partial charge in [0.05, 0.1) is 175 Å². The summed E-state index contributed by atoms with van der Waals surface area (Å²) in [6, 6.07) is 6.15. The predicted molar refractivity (Wildman–Crippen MR) is 256 cm³/mol. The summed E-state index contributed by atoms with van der Waals surface area (Å²) >= 11 is 0. The molecule has 6 aromatic carbocycles. The topological polar surface area (TPSA) is 14.1 Å². The van der Waals surface area contributed by atoms with E-state index in [4.69, 9.17) is 4.98 Å². The molecule has 4 atom stereocenters. The Morgan fingerprint density at radius 1 is 0.261 bits per heavy atom. The van der Waals surface area contributed by atoms with E-state index < -0.39 is 183 Å². The van der Waals surface area contributed by atoms with Crippen molar-refractivity contribution < 1.29 is 153 Å². The van der Waals surface area contributed by atoms with Gasteiger partial charge in [-0.3, -0.25) is 52.7 Å². The number of nitrogens with zero attached hydrogens (tertiary/aromatic N) is 1. The van der Waals surface area contributed by atoms with Crippen LogP contribution >= 0.6 is 0 Å². The molecule has 7 rings (SSSR count). The second kappa shape index (κ2) is 38.1. The molecule has 0 N–H and O–H groups in total. The standard InChI is InChI=1S/C15H32NSi.6C6F5.2CH3.2Al.Ti/c1-10-11(2)13(4)14(12(10)3)17(8,9)16-15(5,6)7;6*7-2-1-3(8)5(10)6(11)4(2)9;;;;;/h10-14H,1-9H3;;;;;;;2*1H3;;;/q9*-1;2*+3;+4. The minimum atomic E-state index is -2.17. The average molecular weight is 1390 g/mol. The van der Waals surface area contributed by atoms with Crippen molar-refractivity contribution in [3.63, 3.8) is 0 Å². The van der Waals surface area contributed by atoms with Crippen LogP contribution in [0.5, 0.6) is 0 Å². The zero-order chi connectivity index (χ0) is 65.2. The smallest absolute Gasteiger partial charge is 0.660 e. The van der Waals surface area contributed by atoms with Gasteiger partial charge in [0.25, 0.3) is 0 Å². The van der Waals surface area contributed by atoms with E-state index in [0.29, 0.717) is 0 Å². The first kappa shape index (κ1) is 91.9. The fraction of sp³-hybridized carbons (Fsp3) is 0.283. The molecule has 88 heavy (non-hydrogen) atoms. The van der Waals surface area contributed by atoms with E-state index in [1.165, 1.54) is 0 Å². The number of halogens is 30. The van der Waals surface area contributed by atoms with E-state index in [1.54, 1.807) is 0 Å². The van der Waals surface area contributed by atoms with Gasteiger partial charge in [-0.05, 0) is 23.7 Å². The van der Waals surface area contributed by atoms with E-state index >= 15 is 0 Å². The van der Waals surface area contributed by atoms with Crippen LogP contribution in [-0.4, -0.2) is 48.5 Å². The molecule has 0 amide bonds. The van der Waals surface area contributed by atoms with Gasteiger partial charge >= 0.3 is 56.4 Å². The molecular formula is C53H38Al2F30NSiTi+. The Morgan fingerprint density at radius 3 is 0.477 bits per heavy atom. The van der Waals surface area contributed by atoms with Crippen LogP contribution < -0.4 is 0 Å². The molecule has 1 fully saturated rings. The summed E-state index contributed by atoms with van der Waals surface area (Å²) in [6.07, 6.45) is 0. The quantitative estimate of drug-likeness (QED) is 0.0539. The Morgan fingerprint density at radius 2 is 0.375 bits per heavy atom. The Labute approximate surface area is 521 Å². The van der Waals surface area contributed by atoms with E-state index in [0.717, 1.165) is 65.6 Å². The Kier molecular flexibility index (Phi) is 39.8. The number of benzene rings is 6. The first-order valence-electron chi connectivity index (χ1n) is 21.9. The molecule has 478 valence electrons. The summed E-state index contributed by atoms with van der Waals surface area (Å²) in [6.45, 7) is 21.5. The second-order valence-electron chi connectivity index (χ2n) is 18.1. The van der Waals surface area contributed by atoms with Gasteiger partial charge in [0.2, 0.25) is 0 Å². The van der Waals surface area contributed by atoms with Gasteiger partial charge < -0.3 is 19.8 Å². The molecule has 0 spiro atoms. The SMILES string of the molecule is CC1C(C)C(C)C([Si](C)(C)[N-]C(C)(C)C)C1C.Fc1[c-]c(F)c(F)c(F)c1F.Fc1[c-]c(F)c(F)c(F)c1F.Fc1[c-]c(F)c(F)c(F)c1F.Fc1[c-]c(F)c(F)c(F)c1F.Fc1[c-]c(F)c(F)c(F)c1F.Fc1[c-]c(F)c(F)c(F)c1F.[Al+3].[Al+3].[CH3-].[CH3-].[Ti+4]. The van der Waals surface area contributed by atoms with Crippen molar-refractivity contribution in [2.45, 2.75) is 72.6 Å². The Bertz CT molecular complexity index is 2610. The van der Waals surface area contributed by atoms with Crippen LogP contribution in [0.2, 0.25) is 18.6 Å². The van der Waals surface area contributed by atoms with E-state index in [2.05, 4.69) is 61.6 Å². The van der Waals surface area contributed by atoms with Crippen molar-refractivity contribution in [1.29, 1.82) is 0 Å². The summed E-state index contributed by atoms with van der Waals surface area (Å²) in [5, 5.41) is 0. The summed E-state index contributed by atoms with van der Waals surface area (Å²) in [7, 11) is -1.49. The van der Waals surface area contributed by atoms with Gasteiger partial charge in [-0.15, -0.1) is 41.9 Å². The molecule has 1 saturated carbocycles. The first-order valence-corrected chi connectivity index (χ1v) is 24.9. The van der Waals surface area contributed by atoms with Crippen LogP contribution in [0.4, 0.5) is 132 Å². The third-order valence-corrected chi connectivity index (χ3v) is 14.9. The molecule has 1 aliphatic rings. The molecule has 1 aliphatic carbocycles. The van der Waals surface area contributed by atoms with Crippen molar-refractivity contribution in [3.8, 4) is 0 Å². The molecule has 1 nitrogen and oxygen atoms in total. The fourth-order valence-corrected chi connectivity index (χ4v) is 12.3. The van der Waals surface area contributed by atoms with Crippen LogP contribution in [0.3, 0.4) is 0 Å². The zero-order valence-electron chi connectivity index (χ0n) is 46.3. The van der Waals surface area contributed by atoms with Crippen molar-refractivity contribution >= 4 is 43.0 Å². The maximum Gasteiger partial charge on any atom is 4.00 e. The van der Waals surface area contributed by atoms with Crippen LogP contribution in [0.1, 0.15) is 48.5 Å².